The van der Waals surface area contributed by atoms with E-state index >= 15 is 0 Å². The Labute approximate surface area is 220 Å². The van der Waals surface area contributed by atoms with Gasteiger partial charge in [-0.3, -0.25) is 10.1 Å². The van der Waals surface area contributed by atoms with Crippen LogP contribution in [0.1, 0.15) is 18.1 Å². The Hall–Kier alpha value is -4.82. The minimum Gasteiger partial charge on any atom is -0.491 e. The number of carbonyl (C=O) groups is 2. The topological polar surface area (TPSA) is 123 Å². The van der Waals surface area contributed by atoms with Crippen molar-refractivity contribution in [3.63, 3.8) is 0 Å². The number of hydrogen-bond acceptors (Lipinski definition) is 6. The predicted molar refractivity (Wildman–Crippen MR) is 149 cm³/mol. The highest BCUT2D eigenvalue weighted by atomic mass is 16.6. The van der Waals surface area contributed by atoms with Gasteiger partial charge in [0.15, 0.2) is 0 Å². The van der Waals surface area contributed by atoms with Crippen LogP contribution in [-0.4, -0.2) is 30.3 Å². The van der Waals surface area contributed by atoms with Gasteiger partial charge in [-0.2, -0.15) is 0 Å². The first-order valence-electron chi connectivity index (χ1n) is 12.1. The minimum absolute atomic E-state index is 0.0939. The van der Waals surface area contributed by atoms with Gasteiger partial charge in [0.1, 0.15) is 18.5 Å². The number of ether oxygens (including phenoxy) is 2. The number of aliphatic hydroxyl groups is 1. The van der Waals surface area contributed by atoms with E-state index in [-0.39, 0.29) is 25.5 Å². The van der Waals surface area contributed by atoms with Gasteiger partial charge in [-0.25, -0.2) is 4.79 Å². The normalized spacial score (nSPS) is 11.7. The summed E-state index contributed by atoms with van der Waals surface area (Å²) in [4.78, 5) is 25.3. The molecule has 0 spiro atoms. The molecule has 8 nitrogen and oxygen atoms in total. The highest BCUT2D eigenvalue weighted by molar-refractivity contribution is 6.01. The standard InChI is InChI=1S/C30H29N3O5/c31-25-10-3-4-11-27(25)32-29(35)14-6-13-28(22-15-17-23(18-16-22)37-20-19-34)38-30(36)33-26-12-5-8-21-7-1-2-9-24(21)26/h1-12,14-18,28,34H,13,19-20,31H2,(H,32,35)(H,33,36)/b14-6+/t28-/m1/s1. The molecule has 0 aliphatic rings. The van der Waals surface area contributed by atoms with Crippen LogP contribution in [0.4, 0.5) is 21.9 Å². The zero-order valence-electron chi connectivity index (χ0n) is 20.7. The maximum Gasteiger partial charge on any atom is 0.412 e. The fourth-order valence-corrected chi connectivity index (χ4v) is 3.88. The predicted octanol–water partition coefficient (Wildman–Crippen LogP) is 5.67. The van der Waals surface area contributed by atoms with Crippen LogP contribution in [-0.2, 0) is 9.53 Å². The number of rotatable bonds is 10. The molecule has 0 heterocycles. The molecular formula is C30H29N3O5. The molecule has 4 aromatic carbocycles. The van der Waals surface area contributed by atoms with Crippen LogP contribution in [0.5, 0.6) is 5.75 Å². The Balaban J connectivity index is 1.47. The van der Waals surface area contributed by atoms with Crippen LogP contribution < -0.4 is 21.1 Å². The molecule has 8 heteroatoms. The first-order chi connectivity index (χ1) is 18.5. The van der Waals surface area contributed by atoms with Crippen LogP contribution in [0.2, 0.25) is 0 Å². The summed E-state index contributed by atoms with van der Waals surface area (Å²) in [6.45, 7) is 0.0831. The fourth-order valence-electron chi connectivity index (χ4n) is 3.88. The molecule has 0 fully saturated rings. The summed E-state index contributed by atoms with van der Waals surface area (Å²) < 4.78 is 11.2. The van der Waals surface area contributed by atoms with Crippen molar-refractivity contribution in [3.05, 3.63) is 109 Å². The Morgan fingerprint density at radius 2 is 1.58 bits per heavy atom. The number of fused-ring (bicyclic) bond motifs is 1. The van der Waals surface area contributed by atoms with Crippen molar-refractivity contribution < 1.29 is 24.2 Å². The number of amides is 2. The van der Waals surface area contributed by atoms with E-state index in [0.717, 1.165) is 10.8 Å². The molecule has 0 unspecified atom stereocenters. The Kier molecular flexibility index (Phi) is 8.93. The van der Waals surface area contributed by atoms with Crippen molar-refractivity contribution in [2.75, 3.05) is 29.6 Å². The monoisotopic (exact) mass is 511 g/mol. The molecule has 38 heavy (non-hydrogen) atoms. The maximum atomic E-state index is 12.9. The van der Waals surface area contributed by atoms with Crippen molar-refractivity contribution in [1.82, 2.24) is 0 Å². The van der Waals surface area contributed by atoms with Gasteiger partial charge in [-0.1, -0.05) is 66.7 Å². The van der Waals surface area contributed by atoms with Crippen LogP contribution in [0, 0.1) is 0 Å². The molecule has 0 aliphatic carbocycles. The van der Waals surface area contributed by atoms with Crippen LogP contribution in [0.15, 0.2) is 103 Å². The molecule has 5 N–H and O–H groups in total. The lowest BCUT2D eigenvalue weighted by Gasteiger charge is -2.18. The quantitative estimate of drug-likeness (QED) is 0.161. The summed E-state index contributed by atoms with van der Waals surface area (Å²) in [5.41, 5.74) is 8.22. The highest BCUT2D eigenvalue weighted by Gasteiger charge is 2.17. The number of nitrogens with two attached hydrogens (primary N) is 1. The summed E-state index contributed by atoms with van der Waals surface area (Å²) in [6, 6.07) is 27.4. The molecule has 194 valence electrons. The molecule has 1 atom stereocenters. The number of para-hydroxylation sites is 2. The fraction of sp³-hybridized carbons (Fsp3) is 0.133. The van der Waals surface area contributed by atoms with E-state index in [9.17, 15) is 9.59 Å². The van der Waals surface area contributed by atoms with E-state index in [1.165, 1.54) is 6.08 Å². The Bertz CT molecular complexity index is 1410. The van der Waals surface area contributed by atoms with Crippen molar-refractivity contribution in [2.24, 2.45) is 0 Å². The van der Waals surface area contributed by atoms with E-state index in [4.69, 9.17) is 20.3 Å². The molecule has 0 radical (unpaired) electrons. The summed E-state index contributed by atoms with van der Waals surface area (Å²) in [5, 5.41) is 16.4. The smallest absolute Gasteiger partial charge is 0.412 e. The molecule has 4 rings (SSSR count). The van der Waals surface area contributed by atoms with Crippen molar-refractivity contribution >= 4 is 39.8 Å². The number of hydrogen-bond donors (Lipinski definition) is 4. The molecule has 0 aromatic heterocycles. The highest BCUT2D eigenvalue weighted by Crippen LogP contribution is 2.27. The lowest BCUT2D eigenvalue weighted by atomic mass is 10.1. The van der Waals surface area contributed by atoms with Gasteiger partial charge in [-0.15, -0.1) is 0 Å². The van der Waals surface area contributed by atoms with E-state index in [0.29, 0.717) is 28.4 Å². The van der Waals surface area contributed by atoms with Gasteiger partial charge < -0.3 is 25.6 Å². The van der Waals surface area contributed by atoms with Gasteiger partial charge in [0.05, 0.1) is 23.7 Å². The van der Waals surface area contributed by atoms with Crippen LogP contribution >= 0.6 is 0 Å². The molecule has 2 amide bonds. The number of carbonyl (C=O) groups excluding carboxylic acids is 2. The SMILES string of the molecule is Nc1ccccc1NC(=O)/C=C/C[C@@H](OC(=O)Nc1cccc2ccccc12)c1ccc(OCCO)cc1. The second-order valence-electron chi connectivity index (χ2n) is 8.40. The lowest BCUT2D eigenvalue weighted by molar-refractivity contribution is -0.111. The average molecular weight is 512 g/mol. The Morgan fingerprint density at radius 1 is 0.868 bits per heavy atom. The zero-order valence-corrected chi connectivity index (χ0v) is 20.7. The van der Waals surface area contributed by atoms with Gasteiger partial charge >= 0.3 is 6.09 Å². The molecule has 0 saturated heterocycles. The summed E-state index contributed by atoms with van der Waals surface area (Å²) >= 11 is 0. The summed E-state index contributed by atoms with van der Waals surface area (Å²) in [5.74, 6) is 0.228. The molecular weight excluding hydrogens is 482 g/mol. The first-order valence-corrected chi connectivity index (χ1v) is 12.1. The number of nitrogen functional groups attached to an aromatic ring is 1. The third-order valence-electron chi connectivity index (χ3n) is 5.73. The van der Waals surface area contributed by atoms with E-state index in [2.05, 4.69) is 10.6 Å². The summed E-state index contributed by atoms with van der Waals surface area (Å²) in [7, 11) is 0. The third-order valence-corrected chi connectivity index (χ3v) is 5.73. The largest absolute Gasteiger partial charge is 0.491 e. The van der Waals surface area contributed by atoms with Crippen molar-refractivity contribution in [3.8, 4) is 5.75 Å². The van der Waals surface area contributed by atoms with E-state index < -0.39 is 12.2 Å². The average Bonchev–Trinajstić information content (AvgIpc) is 2.93. The molecule has 0 bridgehead atoms. The molecule has 0 saturated carbocycles. The number of anilines is 3. The third kappa shape index (κ3) is 7.11. The van der Waals surface area contributed by atoms with Gasteiger partial charge in [0.2, 0.25) is 5.91 Å². The van der Waals surface area contributed by atoms with E-state index in [1.54, 1.807) is 54.6 Å². The van der Waals surface area contributed by atoms with Crippen molar-refractivity contribution in [1.29, 1.82) is 0 Å². The number of benzene rings is 4. The van der Waals surface area contributed by atoms with Gasteiger partial charge in [0.25, 0.3) is 0 Å². The summed E-state index contributed by atoms with van der Waals surface area (Å²) in [6.07, 6.45) is 1.96. The van der Waals surface area contributed by atoms with Gasteiger partial charge in [-0.05, 0) is 47.4 Å². The van der Waals surface area contributed by atoms with Gasteiger partial charge in [0, 0.05) is 11.8 Å². The lowest BCUT2D eigenvalue weighted by Crippen LogP contribution is -2.18. The molecule has 0 aliphatic heterocycles. The maximum absolute atomic E-state index is 12.9. The number of aliphatic hydroxyl groups excluding tert-OH is 1. The number of nitrogens with one attached hydrogen (secondary N) is 2. The van der Waals surface area contributed by atoms with E-state index in [1.807, 2.05) is 42.5 Å². The Morgan fingerprint density at radius 3 is 2.37 bits per heavy atom. The van der Waals surface area contributed by atoms with Crippen LogP contribution in [0.3, 0.4) is 0 Å². The molecule has 4 aromatic rings. The van der Waals surface area contributed by atoms with Crippen LogP contribution in [0.25, 0.3) is 10.8 Å². The second-order valence-corrected chi connectivity index (χ2v) is 8.40. The minimum atomic E-state index is -0.678. The second kappa shape index (κ2) is 12.9. The van der Waals surface area contributed by atoms with Crippen molar-refractivity contribution in [2.45, 2.75) is 12.5 Å². The zero-order chi connectivity index (χ0) is 26.7. The first kappa shape index (κ1) is 26.2.